The number of rotatable bonds is 6. The number of ether oxygens (including phenoxy) is 1. The molecule has 0 aliphatic carbocycles. The maximum absolute atomic E-state index is 13.1. The Hall–Kier alpha value is -2.49. The minimum atomic E-state index is -2.07. The summed E-state index contributed by atoms with van der Waals surface area (Å²) in [6.07, 6.45) is 2.12. The summed E-state index contributed by atoms with van der Waals surface area (Å²) in [6, 6.07) is 8.80. The van der Waals surface area contributed by atoms with Crippen molar-refractivity contribution in [3.05, 3.63) is 73.7 Å². The molecule has 0 bridgehead atoms. The highest BCUT2D eigenvalue weighted by molar-refractivity contribution is 6.74. The van der Waals surface area contributed by atoms with Gasteiger partial charge in [0.2, 0.25) is 0 Å². The number of hydrogen-bond acceptors (Lipinski definition) is 5. The second kappa shape index (κ2) is 9.17. The molecular formula is C23H33N3O5Si. The van der Waals surface area contributed by atoms with E-state index in [1.54, 1.807) is 6.92 Å². The van der Waals surface area contributed by atoms with Crippen molar-refractivity contribution >= 4 is 14.5 Å². The molecular weight excluding hydrogens is 426 g/mol. The highest BCUT2D eigenvalue weighted by Crippen LogP contribution is 2.38. The van der Waals surface area contributed by atoms with Crippen LogP contribution in [0.3, 0.4) is 0 Å². The molecule has 1 fully saturated rings. The topological polar surface area (TPSA) is 99.4 Å². The molecule has 3 rings (SSSR count). The molecule has 1 aliphatic heterocycles. The molecule has 1 aliphatic rings. The first-order chi connectivity index (χ1) is 14.9. The second-order valence-corrected chi connectivity index (χ2v) is 14.7. The molecule has 2 aromatic rings. The highest BCUT2D eigenvalue weighted by Gasteiger charge is 2.45. The fourth-order valence-electron chi connectivity index (χ4n) is 3.39. The largest absolute Gasteiger partial charge is 0.624 e. The monoisotopic (exact) mass is 459 g/mol. The summed E-state index contributed by atoms with van der Waals surface area (Å²) in [6.45, 7) is 12.6. The van der Waals surface area contributed by atoms with Gasteiger partial charge in [0.05, 0.1) is 13.0 Å². The van der Waals surface area contributed by atoms with Crippen LogP contribution in [0.15, 0.2) is 46.1 Å². The molecule has 3 unspecified atom stereocenters. The number of benzene rings is 1. The van der Waals surface area contributed by atoms with Gasteiger partial charge >= 0.3 is 5.69 Å². The van der Waals surface area contributed by atoms with E-state index in [0.717, 1.165) is 10.3 Å². The van der Waals surface area contributed by atoms with Gasteiger partial charge < -0.3 is 14.4 Å². The van der Waals surface area contributed by atoms with E-state index < -0.39 is 37.9 Å². The summed E-state index contributed by atoms with van der Waals surface area (Å²) in [5.74, 6) is 0. The van der Waals surface area contributed by atoms with E-state index in [1.807, 2.05) is 30.3 Å². The van der Waals surface area contributed by atoms with Gasteiger partial charge in [0.15, 0.2) is 20.6 Å². The standard InChI is InChI=1S/C23H33N3O5Si/c1-16-13-25(22(28)24-21(16)27)20-12-18(26(29)14-17-10-8-7-9-11-17)19(31-20)15-30-32(5,6)23(2,3)4/h7-11,13-14,18-20H,12,15H2,1-6H3,(H,24,27,28). The van der Waals surface area contributed by atoms with Crippen LogP contribution in [0.1, 0.15) is 44.5 Å². The van der Waals surface area contributed by atoms with Crippen LogP contribution < -0.4 is 11.2 Å². The minimum absolute atomic E-state index is 0.0147. The van der Waals surface area contributed by atoms with Crippen LogP contribution >= 0.6 is 0 Å². The first-order valence-electron chi connectivity index (χ1n) is 10.9. The molecule has 174 valence electrons. The number of aromatic amines is 1. The Labute approximate surface area is 189 Å². The second-order valence-electron chi connectivity index (χ2n) is 9.88. The third-order valence-electron chi connectivity index (χ3n) is 6.48. The van der Waals surface area contributed by atoms with Gasteiger partial charge in [-0.15, -0.1) is 0 Å². The van der Waals surface area contributed by atoms with E-state index in [9.17, 15) is 14.8 Å². The molecule has 1 aromatic carbocycles. The molecule has 1 aromatic heterocycles. The number of nitrogens with one attached hydrogen (secondary N) is 1. The van der Waals surface area contributed by atoms with Crippen LogP contribution in [-0.2, 0) is 9.16 Å². The van der Waals surface area contributed by atoms with Crippen molar-refractivity contribution in [1.29, 1.82) is 0 Å². The molecule has 0 saturated carbocycles. The van der Waals surface area contributed by atoms with Crippen molar-refractivity contribution in [1.82, 2.24) is 9.55 Å². The molecule has 0 spiro atoms. The van der Waals surface area contributed by atoms with Gasteiger partial charge in [-0.1, -0.05) is 39.0 Å². The SMILES string of the molecule is Cc1cn(C2CC([N+]([O-])=Cc3ccccc3)C(CO[Si](C)(C)C(C)(C)C)O2)c(=O)[nH]c1=O. The average molecular weight is 460 g/mol. The number of aromatic nitrogens is 2. The number of aryl methyl sites for hydroxylation is 1. The Balaban J connectivity index is 1.90. The lowest BCUT2D eigenvalue weighted by atomic mass is 10.1. The Kier molecular flexibility index (Phi) is 6.92. The number of hydroxylamine groups is 1. The number of nitrogens with zero attached hydrogens (tertiary/aromatic N) is 2. The van der Waals surface area contributed by atoms with Gasteiger partial charge in [-0.25, -0.2) is 9.53 Å². The van der Waals surface area contributed by atoms with Crippen LogP contribution in [0.4, 0.5) is 0 Å². The summed E-state index contributed by atoms with van der Waals surface area (Å²) < 4.78 is 14.8. The van der Waals surface area contributed by atoms with Crippen molar-refractivity contribution in [3.8, 4) is 0 Å². The molecule has 32 heavy (non-hydrogen) atoms. The third kappa shape index (κ3) is 5.28. The lowest BCUT2D eigenvalue weighted by molar-refractivity contribution is -0.502. The molecule has 1 N–H and O–H groups in total. The van der Waals surface area contributed by atoms with Gasteiger partial charge in [-0.3, -0.25) is 14.3 Å². The Morgan fingerprint density at radius 2 is 1.94 bits per heavy atom. The first kappa shape index (κ1) is 24.2. The molecule has 2 heterocycles. The highest BCUT2D eigenvalue weighted by atomic mass is 28.4. The zero-order valence-electron chi connectivity index (χ0n) is 19.6. The summed E-state index contributed by atoms with van der Waals surface area (Å²) in [5, 5.41) is 13.1. The normalized spacial score (nSPS) is 22.3. The summed E-state index contributed by atoms with van der Waals surface area (Å²) >= 11 is 0. The van der Waals surface area contributed by atoms with E-state index in [4.69, 9.17) is 9.16 Å². The van der Waals surface area contributed by atoms with Crippen molar-refractivity contribution in [2.24, 2.45) is 0 Å². The fraction of sp³-hybridized carbons (Fsp3) is 0.522. The van der Waals surface area contributed by atoms with Gasteiger partial charge in [0.1, 0.15) is 12.3 Å². The van der Waals surface area contributed by atoms with Crippen molar-refractivity contribution in [2.75, 3.05) is 6.61 Å². The van der Waals surface area contributed by atoms with E-state index in [-0.39, 0.29) is 11.6 Å². The first-order valence-corrected chi connectivity index (χ1v) is 13.8. The zero-order valence-corrected chi connectivity index (χ0v) is 20.6. The quantitative estimate of drug-likeness (QED) is 0.235. The minimum Gasteiger partial charge on any atom is -0.624 e. The number of hydrogen-bond donors (Lipinski definition) is 1. The Morgan fingerprint density at radius 3 is 2.56 bits per heavy atom. The Bertz CT molecular complexity index is 1090. The number of H-pyrrole nitrogens is 1. The zero-order chi connectivity index (χ0) is 23.7. The summed E-state index contributed by atoms with van der Waals surface area (Å²) in [7, 11) is -2.07. The van der Waals surface area contributed by atoms with Crippen molar-refractivity contribution in [3.63, 3.8) is 0 Å². The lowest BCUT2D eigenvalue weighted by Crippen LogP contribution is -2.45. The van der Waals surface area contributed by atoms with Gasteiger partial charge in [0.25, 0.3) is 5.56 Å². The molecule has 3 atom stereocenters. The van der Waals surface area contributed by atoms with E-state index in [1.165, 1.54) is 17.0 Å². The summed E-state index contributed by atoms with van der Waals surface area (Å²) in [4.78, 5) is 26.5. The smallest absolute Gasteiger partial charge is 0.330 e. The average Bonchev–Trinajstić information content (AvgIpc) is 3.13. The van der Waals surface area contributed by atoms with Crippen molar-refractivity contribution < 1.29 is 13.9 Å². The molecule has 8 nitrogen and oxygen atoms in total. The van der Waals surface area contributed by atoms with E-state index in [0.29, 0.717) is 12.0 Å². The van der Waals surface area contributed by atoms with Gasteiger partial charge in [-0.2, -0.15) is 0 Å². The molecule has 9 heteroatoms. The van der Waals surface area contributed by atoms with E-state index >= 15 is 0 Å². The molecule has 0 radical (unpaired) electrons. The van der Waals surface area contributed by atoms with Crippen LogP contribution in [-0.4, -0.2) is 47.6 Å². The van der Waals surface area contributed by atoms with Crippen LogP contribution in [0.25, 0.3) is 0 Å². The predicted molar refractivity (Wildman–Crippen MR) is 127 cm³/mol. The van der Waals surface area contributed by atoms with Crippen LogP contribution in [0, 0.1) is 12.1 Å². The molecule has 1 saturated heterocycles. The van der Waals surface area contributed by atoms with Crippen molar-refractivity contribution in [2.45, 2.75) is 70.6 Å². The van der Waals surface area contributed by atoms with Gasteiger partial charge in [0, 0.05) is 17.3 Å². The van der Waals surface area contributed by atoms with Gasteiger partial charge in [-0.05, 0) is 37.2 Å². The summed E-state index contributed by atoms with van der Waals surface area (Å²) in [5.41, 5.74) is 0.203. The fourth-order valence-corrected chi connectivity index (χ4v) is 4.41. The maximum Gasteiger partial charge on any atom is 0.330 e. The van der Waals surface area contributed by atoms with Crippen LogP contribution in [0.5, 0.6) is 0 Å². The van der Waals surface area contributed by atoms with E-state index in [2.05, 4.69) is 38.8 Å². The molecule has 0 amide bonds. The lowest BCUT2D eigenvalue weighted by Gasteiger charge is -2.37. The van der Waals surface area contributed by atoms with Crippen LogP contribution in [0.2, 0.25) is 18.1 Å². The maximum atomic E-state index is 13.1. The Morgan fingerprint density at radius 1 is 1.28 bits per heavy atom. The third-order valence-corrected chi connectivity index (χ3v) is 11.0. The predicted octanol–water partition coefficient (Wildman–Crippen LogP) is 3.15.